The predicted molar refractivity (Wildman–Crippen MR) is 96.4 cm³/mol. The third-order valence-electron chi connectivity index (χ3n) is 4.87. The highest BCUT2D eigenvalue weighted by molar-refractivity contribution is 5.96. The van der Waals surface area contributed by atoms with Gasteiger partial charge in [-0.3, -0.25) is 9.59 Å². The number of rotatable bonds is 4. The lowest BCUT2D eigenvalue weighted by Gasteiger charge is -2.32. The Kier molecular flexibility index (Phi) is 5.00. The summed E-state index contributed by atoms with van der Waals surface area (Å²) >= 11 is 0. The van der Waals surface area contributed by atoms with Crippen molar-refractivity contribution in [1.82, 2.24) is 14.8 Å². The maximum atomic E-state index is 12.7. The van der Waals surface area contributed by atoms with E-state index in [-0.39, 0.29) is 11.5 Å². The van der Waals surface area contributed by atoms with Crippen molar-refractivity contribution in [3.8, 4) is 0 Å². The molecule has 128 valence electrons. The topological polar surface area (TPSA) is 56.4 Å². The number of H-pyrrole nitrogens is 1. The molecule has 1 N–H and O–H groups in total. The molecule has 1 fully saturated rings. The van der Waals surface area contributed by atoms with E-state index in [4.69, 9.17) is 0 Å². The van der Waals surface area contributed by atoms with Gasteiger partial charge in [-0.25, -0.2) is 0 Å². The number of likely N-dealkylation sites (tertiary alicyclic amines) is 1. The second kappa shape index (κ2) is 7.18. The molecular weight excluding hydrogens is 302 g/mol. The zero-order valence-electron chi connectivity index (χ0n) is 14.4. The van der Waals surface area contributed by atoms with E-state index in [9.17, 15) is 9.59 Å². The summed E-state index contributed by atoms with van der Waals surface area (Å²) in [4.78, 5) is 31.7. The molecule has 1 aromatic carbocycles. The highest BCUT2D eigenvalue weighted by Crippen LogP contribution is 2.22. The fraction of sp³-hybridized carbons (Fsp3) is 0.474. The van der Waals surface area contributed by atoms with Gasteiger partial charge in [-0.05, 0) is 63.3 Å². The lowest BCUT2D eigenvalue weighted by Crippen LogP contribution is -2.39. The Morgan fingerprint density at radius 1 is 1.25 bits per heavy atom. The molecule has 0 bridgehead atoms. The fourth-order valence-electron chi connectivity index (χ4n) is 3.36. The van der Waals surface area contributed by atoms with Gasteiger partial charge in [0.1, 0.15) is 5.69 Å². The third-order valence-corrected chi connectivity index (χ3v) is 4.87. The molecule has 1 aliphatic rings. The van der Waals surface area contributed by atoms with E-state index in [1.807, 2.05) is 23.1 Å². The molecule has 1 saturated heterocycles. The van der Waals surface area contributed by atoms with Crippen LogP contribution in [0.2, 0.25) is 0 Å². The summed E-state index contributed by atoms with van der Waals surface area (Å²) in [7, 11) is 4.18. The Labute approximate surface area is 142 Å². The van der Waals surface area contributed by atoms with E-state index in [2.05, 4.69) is 24.0 Å². The third kappa shape index (κ3) is 3.67. The number of pyridine rings is 1. The Morgan fingerprint density at radius 3 is 2.67 bits per heavy atom. The van der Waals surface area contributed by atoms with E-state index >= 15 is 0 Å². The number of fused-ring (bicyclic) bond motifs is 1. The Bertz CT molecular complexity index is 774. The van der Waals surface area contributed by atoms with Crippen molar-refractivity contribution in [2.45, 2.75) is 19.3 Å². The minimum absolute atomic E-state index is 0.0658. The molecule has 0 spiro atoms. The molecule has 0 unspecified atom stereocenters. The van der Waals surface area contributed by atoms with Crippen molar-refractivity contribution >= 4 is 16.7 Å². The van der Waals surface area contributed by atoms with Crippen LogP contribution >= 0.6 is 0 Å². The summed E-state index contributed by atoms with van der Waals surface area (Å²) in [6.45, 7) is 2.63. The van der Waals surface area contributed by atoms with E-state index < -0.39 is 0 Å². The standard InChI is InChI=1S/C19H25N3O2/c1-21(2)10-7-14-8-11-22(12-9-14)19(24)17-13-15-5-3-4-6-16(15)18(23)20-17/h3-6,13-14H,7-12H2,1-2H3,(H,20,23). The minimum atomic E-state index is -0.197. The normalized spacial score (nSPS) is 16.0. The lowest BCUT2D eigenvalue weighted by atomic mass is 9.93. The highest BCUT2D eigenvalue weighted by Gasteiger charge is 2.24. The van der Waals surface area contributed by atoms with E-state index in [1.54, 1.807) is 12.1 Å². The fourth-order valence-corrected chi connectivity index (χ4v) is 3.36. The molecule has 5 heteroatoms. The Balaban J connectivity index is 1.68. The zero-order chi connectivity index (χ0) is 17.1. The SMILES string of the molecule is CN(C)CCC1CCN(C(=O)c2cc3ccccc3c(=O)[nH]2)CC1. The molecule has 0 aliphatic carbocycles. The smallest absolute Gasteiger partial charge is 0.270 e. The number of carbonyl (C=O) groups is 1. The summed E-state index contributed by atoms with van der Waals surface area (Å²) in [5.74, 6) is 0.621. The monoisotopic (exact) mass is 327 g/mol. The number of aromatic nitrogens is 1. The van der Waals surface area contributed by atoms with Crippen LogP contribution in [-0.4, -0.2) is 54.4 Å². The zero-order valence-corrected chi connectivity index (χ0v) is 14.4. The number of carbonyl (C=O) groups excluding carboxylic acids is 1. The van der Waals surface area contributed by atoms with Crippen molar-refractivity contribution in [2.75, 3.05) is 33.7 Å². The number of benzene rings is 1. The summed E-state index contributed by atoms with van der Waals surface area (Å²) in [6.07, 6.45) is 3.26. The molecule has 2 heterocycles. The minimum Gasteiger partial charge on any atom is -0.337 e. The molecule has 2 aromatic rings. The van der Waals surface area contributed by atoms with E-state index in [1.165, 1.54) is 6.42 Å². The average Bonchev–Trinajstić information content (AvgIpc) is 2.60. The van der Waals surface area contributed by atoms with Crippen molar-refractivity contribution in [2.24, 2.45) is 5.92 Å². The number of nitrogens with one attached hydrogen (secondary N) is 1. The maximum Gasteiger partial charge on any atom is 0.270 e. The van der Waals surface area contributed by atoms with Crippen molar-refractivity contribution in [3.05, 3.63) is 46.4 Å². The van der Waals surface area contributed by atoms with Gasteiger partial charge in [0.25, 0.3) is 11.5 Å². The van der Waals surface area contributed by atoms with Gasteiger partial charge in [-0.15, -0.1) is 0 Å². The Morgan fingerprint density at radius 2 is 1.96 bits per heavy atom. The summed E-state index contributed by atoms with van der Waals surface area (Å²) in [6, 6.07) is 9.15. The second-order valence-corrected chi connectivity index (χ2v) is 6.93. The van der Waals surface area contributed by atoms with Crippen molar-refractivity contribution in [1.29, 1.82) is 0 Å². The van der Waals surface area contributed by atoms with Crippen LogP contribution in [0.25, 0.3) is 10.8 Å². The Hall–Kier alpha value is -2.14. The molecule has 0 atom stereocenters. The van der Waals surface area contributed by atoms with Gasteiger partial charge in [0.2, 0.25) is 0 Å². The molecule has 5 nitrogen and oxygen atoms in total. The molecule has 1 aromatic heterocycles. The number of amides is 1. The largest absolute Gasteiger partial charge is 0.337 e. The first-order valence-corrected chi connectivity index (χ1v) is 8.60. The number of hydrogen-bond acceptors (Lipinski definition) is 3. The number of nitrogens with zero attached hydrogens (tertiary/aromatic N) is 2. The van der Waals surface area contributed by atoms with Gasteiger partial charge >= 0.3 is 0 Å². The van der Waals surface area contributed by atoms with Gasteiger partial charge in [-0.2, -0.15) is 0 Å². The first-order chi connectivity index (χ1) is 11.5. The van der Waals surface area contributed by atoms with Crippen LogP contribution in [0.5, 0.6) is 0 Å². The van der Waals surface area contributed by atoms with Crippen LogP contribution < -0.4 is 5.56 Å². The molecule has 1 amide bonds. The van der Waals surface area contributed by atoms with E-state index in [0.717, 1.165) is 37.9 Å². The average molecular weight is 327 g/mol. The van der Waals surface area contributed by atoms with Gasteiger partial charge in [0, 0.05) is 18.5 Å². The van der Waals surface area contributed by atoms with Crippen LogP contribution in [0.3, 0.4) is 0 Å². The van der Waals surface area contributed by atoms with Gasteiger partial charge in [-0.1, -0.05) is 18.2 Å². The maximum absolute atomic E-state index is 12.7. The van der Waals surface area contributed by atoms with Crippen molar-refractivity contribution in [3.63, 3.8) is 0 Å². The van der Waals surface area contributed by atoms with Crippen LogP contribution in [0, 0.1) is 5.92 Å². The van der Waals surface area contributed by atoms with Crippen LogP contribution in [0.15, 0.2) is 35.1 Å². The molecular formula is C19H25N3O2. The number of aromatic amines is 1. The molecule has 1 aliphatic heterocycles. The van der Waals surface area contributed by atoms with Crippen LogP contribution in [0.1, 0.15) is 29.8 Å². The summed E-state index contributed by atoms with van der Waals surface area (Å²) in [5, 5.41) is 1.43. The number of hydrogen-bond donors (Lipinski definition) is 1. The molecule has 3 rings (SSSR count). The van der Waals surface area contributed by atoms with Crippen molar-refractivity contribution < 1.29 is 4.79 Å². The van der Waals surface area contributed by atoms with Gasteiger partial charge < -0.3 is 14.8 Å². The first kappa shape index (κ1) is 16.7. The molecule has 0 saturated carbocycles. The summed E-state index contributed by atoms with van der Waals surface area (Å²) < 4.78 is 0. The quantitative estimate of drug-likeness (QED) is 0.938. The molecule has 24 heavy (non-hydrogen) atoms. The predicted octanol–water partition coefficient (Wildman–Crippen LogP) is 2.33. The van der Waals surface area contributed by atoms with E-state index in [0.29, 0.717) is 17.0 Å². The van der Waals surface area contributed by atoms with Crippen LogP contribution in [0.4, 0.5) is 0 Å². The first-order valence-electron chi connectivity index (χ1n) is 8.60. The second-order valence-electron chi connectivity index (χ2n) is 6.93. The van der Waals surface area contributed by atoms with Gasteiger partial charge in [0.15, 0.2) is 0 Å². The summed E-state index contributed by atoms with van der Waals surface area (Å²) in [5.41, 5.74) is 0.197. The van der Waals surface area contributed by atoms with Gasteiger partial charge in [0.05, 0.1) is 0 Å². The lowest BCUT2D eigenvalue weighted by molar-refractivity contribution is 0.0677. The molecule has 0 radical (unpaired) electrons. The highest BCUT2D eigenvalue weighted by atomic mass is 16.2. The van der Waals surface area contributed by atoms with Crippen LogP contribution in [-0.2, 0) is 0 Å². The number of piperidine rings is 1.